The number of aromatic nitrogens is 2. The molecule has 0 amide bonds. The molecule has 2 aromatic rings. The third kappa shape index (κ3) is 5.94. The van der Waals surface area contributed by atoms with Gasteiger partial charge < -0.3 is 9.72 Å². The Morgan fingerprint density at radius 3 is 2.38 bits per heavy atom. The van der Waals surface area contributed by atoms with Gasteiger partial charge in [0.1, 0.15) is 0 Å². The fourth-order valence-electron chi connectivity index (χ4n) is 1.15. The van der Waals surface area contributed by atoms with E-state index in [1.54, 1.807) is 12.1 Å². The van der Waals surface area contributed by atoms with Crippen LogP contribution in [0, 0.1) is 22.7 Å². The molecule has 0 saturated carbocycles. The summed E-state index contributed by atoms with van der Waals surface area (Å²) in [6, 6.07) is 8.96. The Kier molecular flexibility index (Phi) is 6.03. The topological polar surface area (TPSA) is 103 Å². The molecule has 0 spiro atoms. The minimum Gasteiger partial charge on any atom is -0.417 e. The van der Waals surface area contributed by atoms with Gasteiger partial charge in [-0.25, -0.2) is 4.98 Å². The van der Waals surface area contributed by atoms with Gasteiger partial charge in [0.25, 0.3) is 0 Å². The summed E-state index contributed by atoms with van der Waals surface area (Å²) in [7, 11) is 0. The maximum atomic E-state index is 11.6. The van der Waals surface area contributed by atoms with Gasteiger partial charge in [0.15, 0.2) is 0 Å². The lowest BCUT2D eigenvalue weighted by Crippen LogP contribution is -2.03. The molecule has 106 valence electrons. The van der Waals surface area contributed by atoms with Crippen LogP contribution in [0.4, 0.5) is 8.78 Å². The number of ether oxygens (including phenoxy) is 1. The predicted molar refractivity (Wildman–Crippen MR) is 67.4 cm³/mol. The smallest absolute Gasteiger partial charge is 0.388 e. The molecule has 8 heteroatoms. The van der Waals surface area contributed by atoms with Gasteiger partial charge in [0.2, 0.25) is 11.4 Å². The maximum absolute atomic E-state index is 11.6. The van der Waals surface area contributed by atoms with Crippen LogP contribution in [-0.4, -0.2) is 16.6 Å². The highest BCUT2D eigenvalue weighted by Crippen LogP contribution is 2.10. The van der Waals surface area contributed by atoms with Gasteiger partial charge >= 0.3 is 6.61 Å². The van der Waals surface area contributed by atoms with E-state index in [2.05, 4.69) is 14.7 Å². The molecule has 2 rings (SSSR count). The number of halogens is 2. The molecule has 0 aliphatic carbocycles. The fourth-order valence-corrected chi connectivity index (χ4v) is 1.15. The Morgan fingerprint density at radius 1 is 1.19 bits per heavy atom. The first-order valence-corrected chi connectivity index (χ1v) is 5.45. The average molecular weight is 290 g/mol. The molecular formula is C13H8F2N4O2. The standard InChI is InChI=1S/C7H4F2N2O.C6H4N2O/c8-7(9)12-6-3-5(4-10)1-2-11-6;7-4-5-1-2-8-6(9)3-5/h1-3,7H;1-3H,(H,8,9). The van der Waals surface area contributed by atoms with Gasteiger partial charge in [-0.05, 0) is 12.1 Å². The lowest BCUT2D eigenvalue weighted by Gasteiger charge is -2.01. The zero-order chi connectivity index (χ0) is 15.7. The monoisotopic (exact) mass is 290 g/mol. The van der Waals surface area contributed by atoms with Crippen molar-refractivity contribution in [2.24, 2.45) is 0 Å². The zero-order valence-electron chi connectivity index (χ0n) is 10.5. The molecule has 0 aromatic carbocycles. The summed E-state index contributed by atoms with van der Waals surface area (Å²) < 4.78 is 27.2. The van der Waals surface area contributed by atoms with Crippen molar-refractivity contribution < 1.29 is 13.5 Å². The molecule has 0 aliphatic heterocycles. The molecule has 0 atom stereocenters. The molecule has 0 saturated heterocycles. The van der Waals surface area contributed by atoms with Crippen molar-refractivity contribution in [2.75, 3.05) is 0 Å². The van der Waals surface area contributed by atoms with E-state index in [4.69, 9.17) is 10.5 Å². The molecule has 1 N–H and O–H groups in total. The Morgan fingerprint density at radius 2 is 1.86 bits per heavy atom. The van der Waals surface area contributed by atoms with Crippen LogP contribution >= 0.6 is 0 Å². The van der Waals surface area contributed by atoms with Gasteiger partial charge in [0.05, 0.1) is 23.3 Å². The van der Waals surface area contributed by atoms with Crippen LogP contribution in [0.3, 0.4) is 0 Å². The Hall–Kier alpha value is -3.26. The Labute approximate surface area is 117 Å². The van der Waals surface area contributed by atoms with Crippen LogP contribution in [0.15, 0.2) is 41.5 Å². The molecule has 0 aliphatic rings. The third-order valence-corrected chi connectivity index (χ3v) is 1.98. The second-order valence-electron chi connectivity index (χ2n) is 3.43. The van der Waals surface area contributed by atoms with Crippen molar-refractivity contribution in [1.29, 1.82) is 10.5 Å². The van der Waals surface area contributed by atoms with Crippen molar-refractivity contribution in [3.05, 3.63) is 58.1 Å². The molecule has 0 radical (unpaired) electrons. The number of hydrogen-bond acceptors (Lipinski definition) is 5. The first-order chi connectivity index (χ1) is 10.0. The number of aromatic amines is 1. The lowest BCUT2D eigenvalue weighted by molar-refractivity contribution is -0.0528. The van der Waals surface area contributed by atoms with E-state index in [1.807, 2.05) is 6.07 Å². The maximum Gasteiger partial charge on any atom is 0.388 e. The van der Waals surface area contributed by atoms with Gasteiger partial charge in [-0.15, -0.1) is 0 Å². The van der Waals surface area contributed by atoms with Gasteiger partial charge in [-0.1, -0.05) is 0 Å². The van der Waals surface area contributed by atoms with E-state index < -0.39 is 6.61 Å². The second kappa shape index (κ2) is 8.02. The van der Waals surface area contributed by atoms with Crippen molar-refractivity contribution >= 4 is 0 Å². The highest BCUT2D eigenvalue weighted by Gasteiger charge is 2.05. The Bertz CT molecular complexity index is 732. The van der Waals surface area contributed by atoms with Crippen LogP contribution < -0.4 is 10.3 Å². The fraction of sp³-hybridized carbons (Fsp3) is 0.0769. The van der Waals surface area contributed by atoms with Crippen LogP contribution in [0.5, 0.6) is 5.88 Å². The summed E-state index contributed by atoms with van der Waals surface area (Å²) in [6.07, 6.45) is 2.68. The number of nitrogens with one attached hydrogen (secondary N) is 1. The van der Waals surface area contributed by atoms with Crippen molar-refractivity contribution in [2.45, 2.75) is 6.61 Å². The van der Waals surface area contributed by atoms with E-state index >= 15 is 0 Å². The van der Waals surface area contributed by atoms with Crippen molar-refractivity contribution in [3.8, 4) is 18.0 Å². The lowest BCUT2D eigenvalue weighted by atomic mass is 10.3. The molecule has 2 heterocycles. The van der Waals surface area contributed by atoms with E-state index in [0.29, 0.717) is 5.56 Å². The first-order valence-electron chi connectivity index (χ1n) is 5.45. The molecule has 0 unspecified atom stereocenters. The van der Waals surface area contributed by atoms with E-state index in [9.17, 15) is 13.6 Å². The van der Waals surface area contributed by atoms with Crippen LogP contribution in [0.25, 0.3) is 0 Å². The number of alkyl halides is 2. The average Bonchev–Trinajstić information content (AvgIpc) is 2.47. The summed E-state index contributed by atoms with van der Waals surface area (Å²) in [4.78, 5) is 16.3. The van der Waals surface area contributed by atoms with E-state index in [-0.39, 0.29) is 17.0 Å². The summed E-state index contributed by atoms with van der Waals surface area (Å²) in [5.74, 6) is -0.246. The number of pyridine rings is 2. The molecular weight excluding hydrogens is 282 g/mol. The molecule has 0 fully saturated rings. The molecule has 0 bridgehead atoms. The number of nitriles is 2. The molecule has 2 aromatic heterocycles. The van der Waals surface area contributed by atoms with Crippen LogP contribution in [0.2, 0.25) is 0 Å². The number of nitrogens with zero attached hydrogens (tertiary/aromatic N) is 3. The van der Waals surface area contributed by atoms with Crippen molar-refractivity contribution in [3.63, 3.8) is 0 Å². The minimum absolute atomic E-state index is 0.237. The number of H-pyrrole nitrogens is 1. The quantitative estimate of drug-likeness (QED) is 0.908. The van der Waals surface area contributed by atoms with E-state index in [1.165, 1.54) is 24.5 Å². The number of hydrogen-bond donors (Lipinski definition) is 1. The summed E-state index contributed by atoms with van der Waals surface area (Å²) in [5.41, 5.74) is 0.383. The molecule has 21 heavy (non-hydrogen) atoms. The van der Waals surface area contributed by atoms with Gasteiger partial charge in [-0.3, -0.25) is 4.79 Å². The summed E-state index contributed by atoms with van der Waals surface area (Å²) in [6.45, 7) is -2.91. The highest BCUT2D eigenvalue weighted by molar-refractivity contribution is 5.31. The highest BCUT2D eigenvalue weighted by atomic mass is 19.3. The second-order valence-corrected chi connectivity index (χ2v) is 3.43. The molecule has 6 nitrogen and oxygen atoms in total. The van der Waals surface area contributed by atoms with Gasteiger partial charge in [-0.2, -0.15) is 19.3 Å². The van der Waals surface area contributed by atoms with Gasteiger partial charge in [0, 0.05) is 24.5 Å². The van der Waals surface area contributed by atoms with Crippen LogP contribution in [-0.2, 0) is 0 Å². The largest absolute Gasteiger partial charge is 0.417 e. The SMILES string of the molecule is N#Cc1cc[nH]c(=O)c1.N#Cc1ccnc(OC(F)F)c1. The number of rotatable bonds is 2. The normalized spacial score (nSPS) is 9.00. The third-order valence-electron chi connectivity index (χ3n) is 1.98. The van der Waals surface area contributed by atoms with Crippen LogP contribution in [0.1, 0.15) is 11.1 Å². The minimum atomic E-state index is -2.91. The predicted octanol–water partition coefficient (Wildman–Crippen LogP) is 1.80. The summed E-state index contributed by atoms with van der Waals surface area (Å²) >= 11 is 0. The first kappa shape index (κ1) is 15.8. The summed E-state index contributed by atoms with van der Waals surface area (Å²) in [5, 5.41) is 16.6. The van der Waals surface area contributed by atoms with E-state index in [0.717, 1.165) is 6.07 Å². The Balaban J connectivity index is 0.000000219. The zero-order valence-corrected chi connectivity index (χ0v) is 10.5. The van der Waals surface area contributed by atoms with Crippen molar-refractivity contribution in [1.82, 2.24) is 9.97 Å².